The molecule has 1 aliphatic carbocycles. The van der Waals surface area contributed by atoms with E-state index in [9.17, 15) is 4.79 Å². The van der Waals surface area contributed by atoms with Crippen molar-refractivity contribution in [1.29, 1.82) is 0 Å². The summed E-state index contributed by atoms with van der Waals surface area (Å²) in [6, 6.07) is 5.78. The molecule has 0 aliphatic heterocycles. The Labute approximate surface area is 110 Å². The predicted molar refractivity (Wildman–Crippen MR) is 71.9 cm³/mol. The molecule has 1 amide bonds. The average Bonchev–Trinajstić information content (AvgIpc) is 3.13. The van der Waals surface area contributed by atoms with E-state index in [4.69, 9.17) is 5.73 Å². The van der Waals surface area contributed by atoms with Crippen molar-refractivity contribution in [3.8, 4) is 0 Å². The van der Waals surface area contributed by atoms with Crippen molar-refractivity contribution < 1.29 is 4.79 Å². The number of rotatable bonds is 4. The smallest absolute Gasteiger partial charge is 0.251 e. The molecular weight excluding hydrogens is 280 g/mol. The summed E-state index contributed by atoms with van der Waals surface area (Å²) in [5, 5.41) is 3.03. The third kappa shape index (κ3) is 2.87. The molecule has 0 bridgehead atoms. The van der Waals surface area contributed by atoms with Gasteiger partial charge in [0.25, 0.3) is 5.91 Å². The lowest BCUT2D eigenvalue weighted by Crippen LogP contribution is -2.41. The molecule has 3 N–H and O–H groups in total. The molecule has 3 nitrogen and oxygen atoms in total. The van der Waals surface area contributed by atoms with Crippen LogP contribution in [0.15, 0.2) is 22.7 Å². The topological polar surface area (TPSA) is 55.1 Å². The van der Waals surface area contributed by atoms with Crippen LogP contribution in [0.2, 0.25) is 0 Å². The van der Waals surface area contributed by atoms with E-state index >= 15 is 0 Å². The van der Waals surface area contributed by atoms with E-state index in [2.05, 4.69) is 21.2 Å². The summed E-state index contributed by atoms with van der Waals surface area (Å²) >= 11 is 3.43. The SMILES string of the molecule is Cc1c(Br)cccc1C(=O)NC(CN)C1CC1. The maximum absolute atomic E-state index is 12.1. The summed E-state index contributed by atoms with van der Waals surface area (Å²) in [6.07, 6.45) is 2.36. The molecule has 1 atom stereocenters. The molecule has 1 saturated carbocycles. The summed E-state index contributed by atoms with van der Waals surface area (Å²) in [7, 11) is 0. The molecular formula is C13H17BrN2O. The van der Waals surface area contributed by atoms with Crippen LogP contribution in [-0.2, 0) is 0 Å². The maximum atomic E-state index is 12.1. The molecule has 0 saturated heterocycles. The van der Waals surface area contributed by atoms with Crippen molar-refractivity contribution in [2.45, 2.75) is 25.8 Å². The van der Waals surface area contributed by atoms with E-state index in [0.717, 1.165) is 15.6 Å². The monoisotopic (exact) mass is 296 g/mol. The normalized spacial score (nSPS) is 16.6. The number of hydrogen-bond donors (Lipinski definition) is 2. The lowest BCUT2D eigenvalue weighted by atomic mass is 10.1. The summed E-state index contributed by atoms with van der Waals surface area (Å²) in [5.41, 5.74) is 7.37. The highest BCUT2D eigenvalue weighted by Crippen LogP contribution is 2.32. The van der Waals surface area contributed by atoms with E-state index in [1.165, 1.54) is 12.8 Å². The van der Waals surface area contributed by atoms with Gasteiger partial charge in [-0.15, -0.1) is 0 Å². The fraction of sp³-hybridized carbons (Fsp3) is 0.462. The number of carbonyl (C=O) groups is 1. The standard InChI is InChI=1S/C13H17BrN2O/c1-8-10(3-2-4-11(8)14)13(17)16-12(7-15)9-5-6-9/h2-4,9,12H,5-7,15H2,1H3,(H,16,17). The van der Waals surface area contributed by atoms with Gasteiger partial charge in [0, 0.05) is 22.6 Å². The fourth-order valence-electron chi connectivity index (χ4n) is 1.97. The van der Waals surface area contributed by atoms with E-state index in [1.807, 2.05) is 25.1 Å². The first-order valence-electron chi connectivity index (χ1n) is 5.89. The molecule has 0 aromatic heterocycles. The van der Waals surface area contributed by atoms with Crippen LogP contribution >= 0.6 is 15.9 Å². The Morgan fingerprint density at radius 3 is 2.88 bits per heavy atom. The first kappa shape index (κ1) is 12.6. The molecule has 2 rings (SSSR count). The lowest BCUT2D eigenvalue weighted by molar-refractivity contribution is 0.0933. The van der Waals surface area contributed by atoms with Gasteiger partial charge in [-0.25, -0.2) is 0 Å². The van der Waals surface area contributed by atoms with Crippen LogP contribution in [0, 0.1) is 12.8 Å². The lowest BCUT2D eigenvalue weighted by Gasteiger charge is -2.17. The van der Waals surface area contributed by atoms with Crippen LogP contribution < -0.4 is 11.1 Å². The highest BCUT2D eigenvalue weighted by atomic mass is 79.9. The van der Waals surface area contributed by atoms with E-state index in [0.29, 0.717) is 12.5 Å². The first-order chi connectivity index (χ1) is 8.13. The van der Waals surface area contributed by atoms with E-state index in [-0.39, 0.29) is 11.9 Å². The van der Waals surface area contributed by atoms with Gasteiger partial charge in [0.2, 0.25) is 0 Å². The molecule has 0 radical (unpaired) electrons. The van der Waals surface area contributed by atoms with Crippen molar-refractivity contribution in [3.63, 3.8) is 0 Å². The molecule has 4 heteroatoms. The summed E-state index contributed by atoms with van der Waals surface area (Å²) < 4.78 is 0.959. The summed E-state index contributed by atoms with van der Waals surface area (Å²) in [4.78, 5) is 12.1. The van der Waals surface area contributed by atoms with E-state index < -0.39 is 0 Å². The van der Waals surface area contributed by atoms with Crippen molar-refractivity contribution in [2.24, 2.45) is 11.7 Å². The minimum atomic E-state index is -0.0221. The molecule has 92 valence electrons. The third-order valence-corrected chi connectivity index (χ3v) is 4.13. The number of carbonyl (C=O) groups excluding carboxylic acids is 1. The van der Waals surface area contributed by atoms with Crippen LogP contribution in [0.4, 0.5) is 0 Å². The zero-order valence-corrected chi connectivity index (χ0v) is 11.5. The van der Waals surface area contributed by atoms with Crippen LogP contribution in [0.25, 0.3) is 0 Å². The van der Waals surface area contributed by atoms with Crippen LogP contribution in [0.5, 0.6) is 0 Å². The number of hydrogen-bond acceptors (Lipinski definition) is 2. The Bertz CT molecular complexity index is 429. The molecule has 1 aromatic rings. The Morgan fingerprint density at radius 2 is 2.29 bits per heavy atom. The van der Waals surface area contributed by atoms with E-state index in [1.54, 1.807) is 0 Å². The zero-order chi connectivity index (χ0) is 12.4. The second-order valence-electron chi connectivity index (χ2n) is 4.57. The van der Waals surface area contributed by atoms with Crippen molar-refractivity contribution in [2.75, 3.05) is 6.54 Å². The Balaban J connectivity index is 2.11. The van der Waals surface area contributed by atoms with Gasteiger partial charge in [-0.1, -0.05) is 22.0 Å². The molecule has 1 aliphatic rings. The van der Waals surface area contributed by atoms with Crippen molar-refractivity contribution in [3.05, 3.63) is 33.8 Å². The molecule has 1 aromatic carbocycles. The van der Waals surface area contributed by atoms with Gasteiger partial charge in [0.15, 0.2) is 0 Å². The minimum absolute atomic E-state index is 0.0221. The van der Waals surface area contributed by atoms with Gasteiger partial charge in [-0.2, -0.15) is 0 Å². The first-order valence-corrected chi connectivity index (χ1v) is 6.69. The van der Waals surface area contributed by atoms with Gasteiger partial charge in [-0.05, 0) is 43.4 Å². The number of benzene rings is 1. The number of nitrogens with two attached hydrogens (primary N) is 1. The molecule has 1 unspecified atom stereocenters. The fourth-order valence-corrected chi connectivity index (χ4v) is 2.33. The van der Waals surface area contributed by atoms with Gasteiger partial charge in [0.05, 0.1) is 0 Å². The molecule has 17 heavy (non-hydrogen) atoms. The number of nitrogens with one attached hydrogen (secondary N) is 1. The number of halogens is 1. The molecule has 1 fully saturated rings. The van der Waals surface area contributed by atoms with Gasteiger partial charge in [-0.3, -0.25) is 4.79 Å². The van der Waals surface area contributed by atoms with Gasteiger partial charge >= 0.3 is 0 Å². The highest BCUT2D eigenvalue weighted by Gasteiger charge is 2.31. The van der Waals surface area contributed by atoms with Gasteiger partial charge in [0.1, 0.15) is 0 Å². The Morgan fingerprint density at radius 1 is 1.59 bits per heavy atom. The number of amides is 1. The van der Waals surface area contributed by atoms with Crippen LogP contribution in [0.3, 0.4) is 0 Å². The quantitative estimate of drug-likeness (QED) is 0.895. The second kappa shape index (κ2) is 5.19. The van der Waals surface area contributed by atoms with Crippen LogP contribution in [0.1, 0.15) is 28.8 Å². The Kier molecular flexibility index (Phi) is 3.84. The predicted octanol–water partition coefficient (Wildman–Crippen LogP) is 2.22. The van der Waals surface area contributed by atoms with Crippen molar-refractivity contribution >= 4 is 21.8 Å². The highest BCUT2D eigenvalue weighted by molar-refractivity contribution is 9.10. The molecule has 0 spiro atoms. The second-order valence-corrected chi connectivity index (χ2v) is 5.42. The molecule has 0 heterocycles. The largest absolute Gasteiger partial charge is 0.348 e. The van der Waals surface area contributed by atoms with Gasteiger partial charge < -0.3 is 11.1 Å². The summed E-state index contributed by atoms with van der Waals surface area (Å²) in [6.45, 7) is 2.46. The maximum Gasteiger partial charge on any atom is 0.251 e. The third-order valence-electron chi connectivity index (χ3n) is 3.27. The van der Waals surface area contributed by atoms with Crippen LogP contribution in [-0.4, -0.2) is 18.5 Å². The minimum Gasteiger partial charge on any atom is -0.348 e. The Hall–Kier alpha value is -0.870. The summed E-state index contributed by atoms with van der Waals surface area (Å²) in [5.74, 6) is 0.558. The zero-order valence-electron chi connectivity index (χ0n) is 9.87. The van der Waals surface area contributed by atoms with Crippen molar-refractivity contribution in [1.82, 2.24) is 5.32 Å². The average molecular weight is 297 g/mol.